The van der Waals surface area contributed by atoms with E-state index in [9.17, 15) is 5.11 Å². The number of anilines is 1. The van der Waals surface area contributed by atoms with Crippen LogP contribution in [0.2, 0.25) is 0 Å². The van der Waals surface area contributed by atoms with Crippen LogP contribution in [-0.2, 0) is 9.47 Å². The average molecular weight is 388 g/mol. The van der Waals surface area contributed by atoms with Gasteiger partial charge in [0.25, 0.3) is 0 Å². The normalized spacial score (nSPS) is 26.7. The molecule has 0 unspecified atom stereocenters. The first-order valence-electron chi connectivity index (χ1n) is 10.4. The number of aromatic hydroxyl groups is 1. The molecule has 0 amide bonds. The van der Waals surface area contributed by atoms with Crippen molar-refractivity contribution in [1.82, 2.24) is 4.90 Å². The second kappa shape index (κ2) is 9.60. The largest absolute Gasteiger partial charge is 0.506 e. The number of nitrogens with zero attached hydrogens (tertiary/aromatic N) is 2. The van der Waals surface area contributed by atoms with Crippen molar-refractivity contribution in [2.75, 3.05) is 38.7 Å². The van der Waals surface area contributed by atoms with Crippen molar-refractivity contribution in [3.05, 3.63) is 29.6 Å². The lowest BCUT2D eigenvalue weighted by atomic mass is 9.79. The minimum atomic E-state index is 0.216. The lowest BCUT2D eigenvalue weighted by molar-refractivity contribution is -0.0398. The minimum absolute atomic E-state index is 0.216. The molecule has 28 heavy (non-hydrogen) atoms. The molecular formula is C22H33N3O3. The third-order valence-corrected chi connectivity index (χ3v) is 6.38. The Labute approximate surface area is 168 Å². The number of benzene rings is 1. The molecule has 3 rings (SSSR count). The molecule has 0 radical (unpaired) electrons. The first kappa shape index (κ1) is 20.9. The van der Waals surface area contributed by atoms with Crippen LogP contribution in [0.5, 0.6) is 5.75 Å². The van der Waals surface area contributed by atoms with E-state index in [-0.39, 0.29) is 11.3 Å². The summed E-state index contributed by atoms with van der Waals surface area (Å²) in [6, 6.07) is 5.31. The van der Waals surface area contributed by atoms with Gasteiger partial charge in [0.15, 0.2) is 5.69 Å². The zero-order valence-electron chi connectivity index (χ0n) is 17.1. The van der Waals surface area contributed by atoms with Crippen LogP contribution in [-0.4, -0.2) is 61.1 Å². The van der Waals surface area contributed by atoms with E-state index < -0.39 is 0 Å². The number of likely N-dealkylation sites (tertiary alicyclic amines) is 1. The van der Waals surface area contributed by atoms with Crippen LogP contribution in [0.4, 0.5) is 11.4 Å². The summed E-state index contributed by atoms with van der Waals surface area (Å²) >= 11 is 0. The second-order valence-corrected chi connectivity index (χ2v) is 8.28. The van der Waals surface area contributed by atoms with Crippen molar-refractivity contribution in [2.45, 2.75) is 63.1 Å². The zero-order valence-corrected chi connectivity index (χ0v) is 17.1. The monoisotopic (exact) mass is 387 g/mol. The summed E-state index contributed by atoms with van der Waals surface area (Å²) < 4.78 is 11.0. The van der Waals surface area contributed by atoms with Gasteiger partial charge in [-0.3, -0.25) is 4.90 Å². The maximum Gasteiger partial charge on any atom is 0.189 e. The first-order chi connectivity index (χ1) is 13.5. The van der Waals surface area contributed by atoms with E-state index in [4.69, 9.17) is 16.0 Å². The topological polar surface area (TPSA) is 58.3 Å². The summed E-state index contributed by atoms with van der Waals surface area (Å²) in [6.07, 6.45) is 7.06. The third kappa shape index (κ3) is 5.16. The number of nitrogens with one attached hydrogen (secondary N) is 1. The highest BCUT2D eigenvalue weighted by Crippen LogP contribution is 2.37. The van der Waals surface area contributed by atoms with Gasteiger partial charge in [-0.2, -0.15) is 0 Å². The highest BCUT2D eigenvalue weighted by Gasteiger charge is 2.38. The van der Waals surface area contributed by atoms with Gasteiger partial charge >= 0.3 is 0 Å². The molecule has 1 aromatic rings. The first-order valence-corrected chi connectivity index (χ1v) is 10.4. The average Bonchev–Trinajstić information content (AvgIpc) is 2.72. The molecule has 0 spiro atoms. The van der Waals surface area contributed by atoms with Gasteiger partial charge in [-0.1, -0.05) is 6.07 Å². The summed E-state index contributed by atoms with van der Waals surface area (Å²) in [4.78, 5) is 6.10. The quantitative estimate of drug-likeness (QED) is 0.417. The van der Waals surface area contributed by atoms with Gasteiger partial charge in [0, 0.05) is 31.8 Å². The molecule has 154 valence electrons. The summed E-state index contributed by atoms with van der Waals surface area (Å²) in [5.41, 5.74) is 1.49. The van der Waals surface area contributed by atoms with Gasteiger partial charge in [0.05, 0.1) is 31.6 Å². The Bertz CT molecular complexity index is 672. The number of phenolic OH excluding ortho intramolecular Hbond substituents is 1. The molecule has 2 N–H and O–H groups in total. The van der Waals surface area contributed by atoms with Crippen LogP contribution in [0, 0.1) is 6.57 Å². The van der Waals surface area contributed by atoms with Gasteiger partial charge in [-0.25, -0.2) is 4.85 Å². The third-order valence-electron chi connectivity index (χ3n) is 6.38. The lowest BCUT2D eigenvalue weighted by Gasteiger charge is -2.48. The fraction of sp³-hybridized carbons (Fsp3) is 0.682. The summed E-state index contributed by atoms with van der Waals surface area (Å²) in [5.74, 6) is 0.216. The van der Waals surface area contributed by atoms with Crippen molar-refractivity contribution in [3.63, 3.8) is 0 Å². The molecule has 6 nitrogen and oxygen atoms in total. The van der Waals surface area contributed by atoms with E-state index in [2.05, 4.69) is 22.0 Å². The molecule has 1 aliphatic carbocycles. The molecule has 0 bridgehead atoms. The Morgan fingerprint density at radius 2 is 1.93 bits per heavy atom. The standard InChI is InChI=1S/C22H33N3O3/c1-22(10-6-19(7-11-22)28-15-14-27-3)25-12-8-17(9-13-25)24-20-16-18(23-2)4-5-21(20)26/h4-5,16-17,19,24,26H,6-15H2,1,3H3/t19-,22-. The molecule has 0 aromatic heterocycles. The lowest BCUT2D eigenvalue weighted by Crippen LogP contribution is -2.53. The van der Waals surface area contributed by atoms with Crippen LogP contribution < -0.4 is 5.32 Å². The molecule has 1 saturated carbocycles. The van der Waals surface area contributed by atoms with E-state index in [1.54, 1.807) is 25.3 Å². The van der Waals surface area contributed by atoms with E-state index in [1.165, 1.54) is 12.8 Å². The van der Waals surface area contributed by atoms with Gasteiger partial charge in [-0.05, 0) is 57.6 Å². The Morgan fingerprint density at radius 3 is 2.57 bits per heavy atom. The maximum absolute atomic E-state index is 10.1. The fourth-order valence-electron chi connectivity index (χ4n) is 4.49. The van der Waals surface area contributed by atoms with Crippen molar-refractivity contribution >= 4 is 11.4 Å². The Hall–Kier alpha value is -1.81. The molecule has 6 heteroatoms. The highest BCUT2D eigenvalue weighted by molar-refractivity contribution is 5.65. The SMILES string of the molecule is [C-]#[N+]c1ccc(O)c(NC2CCN([C@]3(C)CC[C@@H](OCCOC)CC3)CC2)c1. The molecule has 0 atom stereocenters. The molecular weight excluding hydrogens is 354 g/mol. The number of hydrogen-bond donors (Lipinski definition) is 2. The van der Waals surface area contributed by atoms with E-state index in [0.717, 1.165) is 38.8 Å². The number of methoxy groups -OCH3 is 1. The Balaban J connectivity index is 1.47. The van der Waals surface area contributed by atoms with E-state index >= 15 is 0 Å². The predicted octanol–water partition coefficient (Wildman–Crippen LogP) is 4.18. The second-order valence-electron chi connectivity index (χ2n) is 8.28. The molecule has 1 heterocycles. The zero-order chi connectivity index (χ0) is 20.0. The van der Waals surface area contributed by atoms with E-state index in [1.807, 2.05) is 0 Å². The molecule has 1 aliphatic heterocycles. The van der Waals surface area contributed by atoms with Crippen molar-refractivity contribution in [3.8, 4) is 5.75 Å². The summed E-state index contributed by atoms with van der Waals surface area (Å²) in [6.45, 7) is 13.0. The maximum atomic E-state index is 10.1. The van der Waals surface area contributed by atoms with Crippen molar-refractivity contribution < 1.29 is 14.6 Å². The summed E-state index contributed by atoms with van der Waals surface area (Å²) in [7, 11) is 1.71. The van der Waals surface area contributed by atoms with E-state index in [0.29, 0.717) is 36.7 Å². The van der Waals surface area contributed by atoms with Crippen LogP contribution in [0.1, 0.15) is 45.4 Å². The van der Waals surface area contributed by atoms with Crippen molar-refractivity contribution in [1.29, 1.82) is 0 Å². The van der Waals surface area contributed by atoms with Crippen LogP contribution in [0.25, 0.3) is 4.85 Å². The number of ether oxygens (including phenoxy) is 2. The minimum Gasteiger partial charge on any atom is -0.506 e. The highest BCUT2D eigenvalue weighted by atomic mass is 16.5. The number of hydrogen-bond acceptors (Lipinski definition) is 5. The van der Waals surface area contributed by atoms with Crippen LogP contribution in [0.3, 0.4) is 0 Å². The molecule has 2 aliphatic rings. The van der Waals surface area contributed by atoms with Gasteiger partial charge < -0.3 is 19.9 Å². The van der Waals surface area contributed by atoms with Crippen molar-refractivity contribution in [2.24, 2.45) is 0 Å². The smallest absolute Gasteiger partial charge is 0.189 e. The fourth-order valence-corrected chi connectivity index (χ4v) is 4.49. The Kier molecular flexibility index (Phi) is 7.17. The predicted molar refractivity (Wildman–Crippen MR) is 111 cm³/mol. The molecule has 2 fully saturated rings. The van der Waals surface area contributed by atoms with Crippen LogP contribution in [0.15, 0.2) is 18.2 Å². The Morgan fingerprint density at radius 1 is 1.21 bits per heavy atom. The van der Waals surface area contributed by atoms with Crippen LogP contribution >= 0.6 is 0 Å². The number of rotatable bonds is 7. The van der Waals surface area contributed by atoms with Gasteiger partial charge in [-0.15, -0.1) is 0 Å². The van der Waals surface area contributed by atoms with Gasteiger partial charge in [0.2, 0.25) is 0 Å². The number of piperidine rings is 1. The number of phenols is 1. The molecule has 1 saturated heterocycles. The summed E-state index contributed by atoms with van der Waals surface area (Å²) in [5, 5.41) is 13.5. The molecule has 1 aromatic carbocycles. The van der Waals surface area contributed by atoms with Gasteiger partial charge in [0.1, 0.15) is 5.75 Å².